The van der Waals surface area contributed by atoms with Crippen LogP contribution in [0.2, 0.25) is 0 Å². The number of benzene rings is 2. The molecule has 0 radical (unpaired) electrons. The van der Waals surface area contributed by atoms with Crippen molar-refractivity contribution in [3.05, 3.63) is 67.9 Å². The second kappa shape index (κ2) is 7.82. The Balaban J connectivity index is 1.84. The summed E-state index contributed by atoms with van der Waals surface area (Å²) in [6, 6.07) is 8.70. The van der Waals surface area contributed by atoms with Gasteiger partial charge in [0.1, 0.15) is 5.82 Å². The summed E-state index contributed by atoms with van der Waals surface area (Å²) in [6.45, 7) is 1.75. The van der Waals surface area contributed by atoms with Gasteiger partial charge in [-0.25, -0.2) is 4.39 Å². The second-order valence-electron chi connectivity index (χ2n) is 6.11. The summed E-state index contributed by atoms with van der Waals surface area (Å²) < 4.78 is 14.0. The normalized spacial score (nSPS) is 13.7. The quantitative estimate of drug-likeness (QED) is 0.583. The van der Waals surface area contributed by atoms with Crippen molar-refractivity contribution in [1.29, 1.82) is 0 Å². The zero-order chi connectivity index (χ0) is 18.7. The van der Waals surface area contributed by atoms with E-state index >= 15 is 0 Å². The number of hydrogen-bond acceptors (Lipinski definition) is 4. The van der Waals surface area contributed by atoms with Gasteiger partial charge in [0.2, 0.25) is 0 Å². The number of nitro benzene ring substituents is 1. The highest BCUT2D eigenvalue weighted by atomic mass is 79.9. The Bertz CT molecular complexity index is 833. The molecule has 0 bridgehead atoms. The third-order valence-electron chi connectivity index (χ3n) is 4.26. The van der Waals surface area contributed by atoms with Crippen LogP contribution in [-0.2, 0) is 6.54 Å². The molecule has 1 saturated heterocycles. The largest absolute Gasteiger partial charge is 0.371 e. The third kappa shape index (κ3) is 4.19. The molecule has 6 nitrogen and oxygen atoms in total. The number of amides is 1. The van der Waals surface area contributed by atoms with E-state index in [0.717, 1.165) is 25.9 Å². The van der Waals surface area contributed by atoms with E-state index in [9.17, 15) is 19.3 Å². The third-order valence-corrected chi connectivity index (χ3v) is 4.72. The molecule has 1 amide bonds. The summed E-state index contributed by atoms with van der Waals surface area (Å²) >= 11 is 3.21. The maximum absolute atomic E-state index is 13.5. The smallest absolute Gasteiger partial charge is 0.270 e. The molecule has 2 aromatic carbocycles. The number of anilines is 1. The van der Waals surface area contributed by atoms with Gasteiger partial charge in [-0.1, -0.05) is 15.9 Å². The molecule has 26 heavy (non-hydrogen) atoms. The van der Waals surface area contributed by atoms with Gasteiger partial charge >= 0.3 is 0 Å². The number of carbonyl (C=O) groups is 1. The Labute approximate surface area is 158 Å². The highest BCUT2D eigenvalue weighted by Crippen LogP contribution is 2.28. The van der Waals surface area contributed by atoms with E-state index < -0.39 is 16.6 Å². The van der Waals surface area contributed by atoms with Gasteiger partial charge < -0.3 is 10.2 Å². The molecule has 1 heterocycles. The first kappa shape index (κ1) is 18.3. The molecule has 0 aliphatic carbocycles. The molecule has 0 saturated carbocycles. The van der Waals surface area contributed by atoms with Gasteiger partial charge in [0, 0.05) is 36.2 Å². The van der Waals surface area contributed by atoms with E-state index in [0.29, 0.717) is 15.7 Å². The Morgan fingerprint density at radius 3 is 2.62 bits per heavy atom. The van der Waals surface area contributed by atoms with Crippen LogP contribution in [0.1, 0.15) is 28.8 Å². The van der Waals surface area contributed by atoms with E-state index in [4.69, 9.17) is 0 Å². The molecular weight excluding hydrogens is 405 g/mol. The first-order valence-corrected chi connectivity index (χ1v) is 9.00. The van der Waals surface area contributed by atoms with Crippen LogP contribution in [0.5, 0.6) is 0 Å². The van der Waals surface area contributed by atoms with Crippen LogP contribution in [0.4, 0.5) is 15.8 Å². The van der Waals surface area contributed by atoms with Crippen molar-refractivity contribution in [1.82, 2.24) is 5.32 Å². The predicted octanol–water partition coefficient (Wildman–Crippen LogP) is 4.03. The number of carbonyl (C=O) groups excluding carboxylic acids is 1. The highest BCUT2D eigenvalue weighted by molar-refractivity contribution is 9.10. The highest BCUT2D eigenvalue weighted by Gasteiger charge is 2.22. The number of nitro groups is 1. The van der Waals surface area contributed by atoms with E-state index in [1.807, 2.05) is 0 Å². The lowest BCUT2D eigenvalue weighted by molar-refractivity contribution is -0.384. The van der Waals surface area contributed by atoms with Gasteiger partial charge in [0.25, 0.3) is 11.6 Å². The van der Waals surface area contributed by atoms with Crippen LogP contribution in [0.3, 0.4) is 0 Å². The number of hydrogen-bond donors (Lipinski definition) is 1. The van der Waals surface area contributed by atoms with E-state index in [-0.39, 0.29) is 17.8 Å². The molecular formula is C18H17BrFN3O3. The van der Waals surface area contributed by atoms with Gasteiger partial charge in [-0.3, -0.25) is 14.9 Å². The summed E-state index contributed by atoms with van der Waals surface area (Å²) in [4.78, 5) is 25.3. The van der Waals surface area contributed by atoms with Crippen molar-refractivity contribution in [3.63, 3.8) is 0 Å². The molecule has 3 rings (SSSR count). The van der Waals surface area contributed by atoms with Gasteiger partial charge in [0.15, 0.2) is 0 Å². The fourth-order valence-electron chi connectivity index (χ4n) is 3.04. The SMILES string of the molecule is O=C(NCc1cc(F)cc(Br)c1)c1cc([N+](=O)[O-])ccc1N1CCCC1. The molecule has 1 N–H and O–H groups in total. The monoisotopic (exact) mass is 421 g/mol. The lowest BCUT2D eigenvalue weighted by Gasteiger charge is -2.21. The lowest BCUT2D eigenvalue weighted by Crippen LogP contribution is -2.27. The van der Waals surface area contributed by atoms with Crippen LogP contribution >= 0.6 is 15.9 Å². The van der Waals surface area contributed by atoms with Gasteiger partial charge in [-0.2, -0.15) is 0 Å². The van der Waals surface area contributed by atoms with Crippen LogP contribution < -0.4 is 10.2 Å². The summed E-state index contributed by atoms with van der Waals surface area (Å²) in [5.41, 5.74) is 1.41. The van der Waals surface area contributed by atoms with Crippen molar-refractivity contribution >= 4 is 33.2 Å². The Morgan fingerprint density at radius 2 is 1.96 bits per heavy atom. The topological polar surface area (TPSA) is 75.5 Å². The van der Waals surface area contributed by atoms with E-state index in [1.54, 1.807) is 12.1 Å². The molecule has 136 valence electrons. The van der Waals surface area contributed by atoms with Crippen molar-refractivity contribution < 1.29 is 14.1 Å². The Morgan fingerprint density at radius 1 is 1.23 bits per heavy atom. The van der Waals surface area contributed by atoms with Crippen LogP contribution in [0.25, 0.3) is 0 Å². The summed E-state index contributed by atoms with van der Waals surface area (Å²) in [6.07, 6.45) is 2.05. The zero-order valence-corrected chi connectivity index (χ0v) is 15.5. The van der Waals surface area contributed by atoms with Crippen molar-refractivity contribution in [2.75, 3.05) is 18.0 Å². The van der Waals surface area contributed by atoms with Gasteiger partial charge in [0.05, 0.1) is 16.2 Å². The molecule has 0 atom stereocenters. The predicted molar refractivity (Wildman–Crippen MR) is 99.8 cm³/mol. The van der Waals surface area contributed by atoms with Crippen LogP contribution in [0.15, 0.2) is 40.9 Å². The first-order chi connectivity index (χ1) is 12.4. The van der Waals surface area contributed by atoms with Gasteiger partial charge in [-0.15, -0.1) is 0 Å². The molecule has 8 heteroatoms. The minimum absolute atomic E-state index is 0.122. The average molecular weight is 422 g/mol. The maximum atomic E-state index is 13.5. The number of non-ortho nitro benzene ring substituents is 1. The van der Waals surface area contributed by atoms with Crippen molar-refractivity contribution in [2.24, 2.45) is 0 Å². The number of nitrogens with zero attached hydrogens (tertiary/aromatic N) is 2. The van der Waals surface area contributed by atoms with Crippen LogP contribution in [-0.4, -0.2) is 23.9 Å². The first-order valence-electron chi connectivity index (χ1n) is 8.20. The Hall–Kier alpha value is -2.48. The van der Waals surface area contributed by atoms with Crippen molar-refractivity contribution in [2.45, 2.75) is 19.4 Å². The summed E-state index contributed by atoms with van der Waals surface area (Å²) in [7, 11) is 0. The average Bonchev–Trinajstić information content (AvgIpc) is 3.12. The molecule has 1 aliphatic rings. The molecule has 1 fully saturated rings. The van der Waals surface area contributed by atoms with E-state index in [1.165, 1.54) is 24.3 Å². The van der Waals surface area contributed by atoms with Crippen LogP contribution in [0, 0.1) is 15.9 Å². The molecule has 0 spiro atoms. The number of nitrogens with one attached hydrogen (secondary N) is 1. The molecule has 0 aromatic heterocycles. The van der Waals surface area contributed by atoms with E-state index in [2.05, 4.69) is 26.1 Å². The van der Waals surface area contributed by atoms with Gasteiger partial charge in [-0.05, 0) is 42.7 Å². The summed E-state index contributed by atoms with van der Waals surface area (Å²) in [5.74, 6) is -0.826. The zero-order valence-electron chi connectivity index (χ0n) is 13.9. The number of halogens is 2. The summed E-state index contributed by atoms with van der Waals surface area (Å²) in [5, 5.41) is 13.8. The Kier molecular flexibility index (Phi) is 5.51. The standard InChI is InChI=1S/C18H17BrFN3O3/c19-13-7-12(8-14(20)9-13)11-21-18(24)16-10-15(23(25)26)3-4-17(16)22-5-1-2-6-22/h3-4,7-10H,1-2,5-6,11H2,(H,21,24). The fraction of sp³-hybridized carbons (Fsp3) is 0.278. The fourth-order valence-corrected chi connectivity index (χ4v) is 3.56. The maximum Gasteiger partial charge on any atom is 0.270 e. The second-order valence-corrected chi connectivity index (χ2v) is 7.03. The minimum atomic E-state index is -0.520. The van der Waals surface area contributed by atoms with Crippen molar-refractivity contribution in [3.8, 4) is 0 Å². The lowest BCUT2D eigenvalue weighted by atomic mass is 10.1. The minimum Gasteiger partial charge on any atom is -0.371 e. The molecule has 0 unspecified atom stereocenters. The molecule has 2 aromatic rings. The number of rotatable bonds is 5. The molecule has 1 aliphatic heterocycles.